The summed E-state index contributed by atoms with van der Waals surface area (Å²) in [6.07, 6.45) is 4.36. The molecule has 1 aliphatic rings. The number of carbonyl (C=O) groups excluding carboxylic acids is 1. The number of amides is 2. The fourth-order valence-electron chi connectivity index (χ4n) is 3.24. The summed E-state index contributed by atoms with van der Waals surface area (Å²) in [7, 11) is -3.70. The number of likely N-dealkylation sites (tertiary alicyclic amines) is 1. The van der Waals surface area contributed by atoms with Crippen LogP contribution in [0.1, 0.15) is 36.8 Å². The largest absolute Gasteiger partial charge is 0.325 e. The van der Waals surface area contributed by atoms with Gasteiger partial charge in [-0.25, -0.2) is 13.2 Å². The van der Waals surface area contributed by atoms with Gasteiger partial charge in [0.15, 0.2) is 0 Å². The lowest BCUT2D eigenvalue weighted by Gasteiger charge is -2.20. The van der Waals surface area contributed by atoms with Crippen molar-refractivity contribution < 1.29 is 13.2 Å². The van der Waals surface area contributed by atoms with Gasteiger partial charge in [-0.05, 0) is 68.1 Å². The van der Waals surface area contributed by atoms with Crippen molar-refractivity contribution in [2.24, 2.45) is 0 Å². The predicted molar refractivity (Wildman–Crippen MR) is 112 cm³/mol. The molecule has 0 radical (unpaired) electrons. The summed E-state index contributed by atoms with van der Waals surface area (Å²) in [6, 6.07) is 11.7. The Morgan fingerprint density at radius 1 is 0.929 bits per heavy atom. The van der Waals surface area contributed by atoms with Crippen LogP contribution in [0.15, 0.2) is 47.4 Å². The first-order valence-electron chi connectivity index (χ1n) is 9.61. The smallest absolute Gasteiger partial charge is 0.321 e. The van der Waals surface area contributed by atoms with E-state index >= 15 is 0 Å². The van der Waals surface area contributed by atoms with E-state index < -0.39 is 10.0 Å². The van der Waals surface area contributed by atoms with Crippen LogP contribution in [-0.4, -0.2) is 32.4 Å². The minimum absolute atomic E-state index is 0.133. The molecule has 1 aliphatic heterocycles. The van der Waals surface area contributed by atoms with Gasteiger partial charge in [0.2, 0.25) is 0 Å². The van der Waals surface area contributed by atoms with Gasteiger partial charge >= 0.3 is 6.03 Å². The van der Waals surface area contributed by atoms with Crippen molar-refractivity contribution >= 4 is 27.4 Å². The highest BCUT2D eigenvalue weighted by molar-refractivity contribution is 7.92. The fourth-order valence-corrected chi connectivity index (χ4v) is 4.36. The lowest BCUT2D eigenvalue weighted by molar-refractivity contribution is 0.214. The maximum Gasteiger partial charge on any atom is 0.321 e. The van der Waals surface area contributed by atoms with E-state index in [0.717, 1.165) is 49.9 Å². The van der Waals surface area contributed by atoms with Gasteiger partial charge < -0.3 is 10.2 Å². The molecule has 0 unspecified atom stereocenters. The number of sulfonamides is 1. The molecule has 2 aromatic carbocycles. The van der Waals surface area contributed by atoms with E-state index in [9.17, 15) is 13.2 Å². The Kier molecular flexibility index (Phi) is 6.24. The van der Waals surface area contributed by atoms with Gasteiger partial charge in [-0.1, -0.05) is 25.0 Å². The molecular formula is C21H27N3O3S. The van der Waals surface area contributed by atoms with E-state index in [2.05, 4.69) is 10.0 Å². The summed E-state index contributed by atoms with van der Waals surface area (Å²) in [5.41, 5.74) is 2.99. The highest BCUT2D eigenvalue weighted by atomic mass is 32.2. The van der Waals surface area contributed by atoms with Crippen LogP contribution in [0.4, 0.5) is 16.2 Å². The van der Waals surface area contributed by atoms with E-state index in [1.54, 1.807) is 12.1 Å². The molecule has 2 amide bonds. The van der Waals surface area contributed by atoms with Crippen LogP contribution in [0.3, 0.4) is 0 Å². The molecule has 0 bridgehead atoms. The molecule has 0 aromatic heterocycles. The second-order valence-electron chi connectivity index (χ2n) is 7.28. The monoisotopic (exact) mass is 401 g/mol. The van der Waals surface area contributed by atoms with E-state index in [1.165, 1.54) is 12.1 Å². The molecule has 1 fully saturated rings. The maximum atomic E-state index is 12.7. The number of hydrogen-bond acceptors (Lipinski definition) is 3. The molecule has 7 heteroatoms. The summed E-state index contributed by atoms with van der Waals surface area (Å²) < 4.78 is 28.0. The minimum atomic E-state index is -3.70. The van der Waals surface area contributed by atoms with Crippen LogP contribution in [0.25, 0.3) is 0 Å². The topological polar surface area (TPSA) is 78.5 Å². The predicted octanol–water partition coefficient (Wildman–Crippen LogP) is 4.51. The SMILES string of the molecule is Cc1ccc(C)c(NS(=O)(=O)c2ccc(NC(=O)N3CCCCCC3)cc2)c1. The quantitative estimate of drug-likeness (QED) is 0.791. The Labute approximate surface area is 167 Å². The second kappa shape index (κ2) is 8.65. The molecular weight excluding hydrogens is 374 g/mol. The standard InChI is InChI=1S/C21H27N3O3S/c1-16-7-8-17(2)20(15-16)23-28(26,27)19-11-9-18(10-12-19)22-21(25)24-13-5-3-4-6-14-24/h7-12,15,23H,3-6,13-14H2,1-2H3,(H,22,25). The molecule has 2 N–H and O–H groups in total. The first kappa shape index (κ1) is 20.2. The van der Waals surface area contributed by atoms with Crippen LogP contribution >= 0.6 is 0 Å². The average Bonchev–Trinajstić information content (AvgIpc) is 2.94. The first-order valence-corrected chi connectivity index (χ1v) is 11.1. The van der Waals surface area contributed by atoms with Gasteiger partial charge in [0.05, 0.1) is 10.6 Å². The molecule has 28 heavy (non-hydrogen) atoms. The fraction of sp³-hybridized carbons (Fsp3) is 0.381. The van der Waals surface area contributed by atoms with Gasteiger partial charge in [-0.15, -0.1) is 0 Å². The average molecular weight is 402 g/mol. The van der Waals surface area contributed by atoms with E-state index in [-0.39, 0.29) is 10.9 Å². The third-order valence-electron chi connectivity index (χ3n) is 4.95. The number of urea groups is 1. The van der Waals surface area contributed by atoms with Crippen molar-refractivity contribution in [3.05, 3.63) is 53.6 Å². The van der Waals surface area contributed by atoms with Crippen molar-refractivity contribution in [3.63, 3.8) is 0 Å². The van der Waals surface area contributed by atoms with Crippen molar-refractivity contribution in [2.45, 2.75) is 44.4 Å². The first-order chi connectivity index (χ1) is 13.3. The van der Waals surface area contributed by atoms with E-state index in [4.69, 9.17) is 0 Å². The van der Waals surface area contributed by atoms with Gasteiger partial charge in [0.25, 0.3) is 10.0 Å². The summed E-state index contributed by atoms with van der Waals surface area (Å²) in [5.74, 6) is 0. The Morgan fingerprint density at radius 3 is 2.21 bits per heavy atom. The highest BCUT2D eigenvalue weighted by Crippen LogP contribution is 2.22. The molecule has 1 saturated heterocycles. The highest BCUT2D eigenvalue weighted by Gasteiger charge is 2.17. The number of hydrogen-bond donors (Lipinski definition) is 2. The Bertz CT molecular complexity index is 932. The van der Waals surface area contributed by atoms with Crippen molar-refractivity contribution in [1.29, 1.82) is 0 Å². The number of nitrogens with zero attached hydrogens (tertiary/aromatic N) is 1. The third-order valence-corrected chi connectivity index (χ3v) is 6.33. The van der Waals surface area contributed by atoms with E-state index in [0.29, 0.717) is 11.4 Å². The van der Waals surface area contributed by atoms with Crippen molar-refractivity contribution in [3.8, 4) is 0 Å². The molecule has 3 rings (SSSR count). The summed E-state index contributed by atoms with van der Waals surface area (Å²) in [6.45, 7) is 5.30. The molecule has 0 saturated carbocycles. The summed E-state index contributed by atoms with van der Waals surface area (Å²) in [5, 5.41) is 2.86. The third kappa shape index (κ3) is 5.04. The van der Waals surface area contributed by atoms with Gasteiger partial charge in [-0.2, -0.15) is 0 Å². The normalized spacial score (nSPS) is 15.0. The zero-order valence-corrected chi connectivity index (χ0v) is 17.2. The lowest BCUT2D eigenvalue weighted by atomic mass is 10.1. The minimum Gasteiger partial charge on any atom is -0.325 e. The van der Waals surface area contributed by atoms with Crippen LogP contribution in [0, 0.1) is 13.8 Å². The maximum absolute atomic E-state index is 12.7. The molecule has 0 atom stereocenters. The molecule has 6 nitrogen and oxygen atoms in total. The second-order valence-corrected chi connectivity index (χ2v) is 8.96. The molecule has 0 spiro atoms. The number of aryl methyl sites for hydroxylation is 2. The molecule has 1 heterocycles. The van der Waals surface area contributed by atoms with Gasteiger partial charge in [0, 0.05) is 18.8 Å². The summed E-state index contributed by atoms with van der Waals surface area (Å²) in [4.78, 5) is 14.4. The number of carbonyl (C=O) groups is 1. The molecule has 2 aromatic rings. The van der Waals surface area contributed by atoms with E-state index in [1.807, 2.05) is 36.9 Å². The van der Waals surface area contributed by atoms with Crippen molar-refractivity contribution in [1.82, 2.24) is 4.90 Å². The number of rotatable bonds is 4. The van der Waals surface area contributed by atoms with Crippen molar-refractivity contribution in [2.75, 3.05) is 23.1 Å². The van der Waals surface area contributed by atoms with Gasteiger partial charge in [-0.3, -0.25) is 4.72 Å². The van der Waals surface area contributed by atoms with Gasteiger partial charge in [0.1, 0.15) is 0 Å². The number of nitrogens with one attached hydrogen (secondary N) is 2. The summed E-state index contributed by atoms with van der Waals surface area (Å²) >= 11 is 0. The van der Waals surface area contributed by atoms with Crippen LogP contribution in [0.5, 0.6) is 0 Å². The Morgan fingerprint density at radius 2 is 1.57 bits per heavy atom. The molecule has 0 aliphatic carbocycles. The number of anilines is 2. The Hall–Kier alpha value is -2.54. The molecule has 150 valence electrons. The zero-order valence-electron chi connectivity index (χ0n) is 16.4. The lowest BCUT2D eigenvalue weighted by Crippen LogP contribution is -2.35. The van der Waals surface area contributed by atoms with Crippen LogP contribution < -0.4 is 10.0 Å². The Balaban J connectivity index is 1.69. The zero-order chi connectivity index (χ0) is 20.1. The number of benzene rings is 2. The van der Waals surface area contributed by atoms with Crippen LogP contribution in [-0.2, 0) is 10.0 Å². The van der Waals surface area contributed by atoms with Crippen LogP contribution in [0.2, 0.25) is 0 Å².